The molecule has 3 atom stereocenters. The quantitative estimate of drug-likeness (QED) is 0.870. The van der Waals surface area contributed by atoms with Crippen LogP contribution < -0.4 is 5.73 Å². The topological polar surface area (TPSA) is 81.2 Å². The summed E-state index contributed by atoms with van der Waals surface area (Å²) in [6, 6.07) is 0.144. The van der Waals surface area contributed by atoms with Crippen LogP contribution in [0.5, 0.6) is 0 Å². The lowest BCUT2D eigenvalue weighted by atomic mass is 9.98. The number of halogens is 1. The van der Waals surface area contributed by atoms with Crippen LogP contribution in [0.2, 0.25) is 0 Å². The molecule has 0 spiro atoms. The Labute approximate surface area is 151 Å². The second kappa shape index (κ2) is 6.94. The van der Waals surface area contributed by atoms with Gasteiger partial charge in [-0.3, -0.25) is 4.68 Å². The first-order valence-electron chi connectivity index (χ1n) is 8.51. The molecule has 8 heteroatoms. The minimum atomic E-state index is -3.49. The molecule has 2 N–H and O–H groups in total. The minimum absolute atomic E-state index is 0. The molecule has 0 amide bonds. The van der Waals surface area contributed by atoms with Gasteiger partial charge in [-0.15, -0.1) is 12.4 Å². The molecule has 1 saturated heterocycles. The van der Waals surface area contributed by atoms with Crippen LogP contribution in [0.3, 0.4) is 0 Å². The van der Waals surface area contributed by atoms with E-state index in [1.807, 2.05) is 11.6 Å². The van der Waals surface area contributed by atoms with Crippen LogP contribution in [0, 0.1) is 31.6 Å². The van der Waals surface area contributed by atoms with E-state index in [4.69, 9.17) is 5.73 Å². The van der Waals surface area contributed by atoms with Crippen molar-refractivity contribution >= 4 is 22.4 Å². The summed E-state index contributed by atoms with van der Waals surface area (Å²) in [5.41, 5.74) is 7.49. The Morgan fingerprint density at radius 3 is 2.50 bits per heavy atom. The number of aryl methyl sites for hydroxylation is 1. The van der Waals surface area contributed by atoms with Gasteiger partial charge in [0.1, 0.15) is 4.90 Å². The zero-order valence-electron chi connectivity index (χ0n) is 14.9. The summed E-state index contributed by atoms with van der Waals surface area (Å²) < 4.78 is 29.8. The fraction of sp³-hybridized carbons (Fsp3) is 0.812. The fourth-order valence-electron chi connectivity index (χ4n) is 4.17. The van der Waals surface area contributed by atoms with Crippen molar-refractivity contribution in [1.82, 2.24) is 14.1 Å². The minimum Gasteiger partial charge on any atom is -0.327 e. The first kappa shape index (κ1) is 19.7. The molecule has 0 aromatic carbocycles. The van der Waals surface area contributed by atoms with Crippen molar-refractivity contribution in [1.29, 1.82) is 0 Å². The zero-order valence-corrected chi connectivity index (χ0v) is 16.5. The first-order chi connectivity index (χ1) is 10.7. The molecule has 6 nitrogen and oxygen atoms in total. The van der Waals surface area contributed by atoms with Crippen molar-refractivity contribution in [2.45, 2.75) is 58.0 Å². The maximum absolute atomic E-state index is 13.1. The van der Waals surface area contributed by atoms with E-state index in [2.05, 4.69) is 18.9 Å². The molecule has 2 aliphatic rings. The van der Waals surface area contributed by atoms with Crippen LogP contribution in [-0.4, -0.2) is 41.6 Å². The molecule has 1 aromatic rings. The summed E-state index contributed by atoms with van der Waals surface area (Å²) in [7, 11) is -3.49. The van der Waals surface area contributed by atoms with E-state index in [0.717, 1.165) is 25.1 Å². The molecule has 0 radical (unpaired) electrons. The third kappa shape index (κ3) is 3.23. The average Bonchev–Trinajstić information content (AvgIpc) is 3.07. The SMILES string of the molecule is Cc1nn(CC(C)C)c(C)c1S(=O)(=O)N1CC2CCC(N)C2C1.Cl. The van der Waals surface area contributed by atoms with E-state index < -0.39 is 10.0 Å². The molecule has 2 fully saturated rings. The summed E-state index contributed by atoms with van der Waals surface area (Å²) in [4.78, 5) is 0.395. The van der Waals surface area contributed by atoms with Gasteiger partial charge in [0.2, 0.25) is 10.0 Å². The Kier molecular flexibility index (Phi) is 5.69. The highest BCUT2D eigenvalue weighted by Crippen LogP contribution is 2.40. The lowest BCUT2D eigenvalue weighted by Gasteiger charge is -2.19. The number of sulfonamides is 1. The zero-order chi connectivity index (χ0) is 16.9. The molecule has 1 aromatic heterocycles. The maximum Gasteiger partial charge on any atom is 0.246 e. The third-order valence-electron chi connectivity index (χ3n) is 5.33. The lowest BCUT2D eigenvalue weighted by molar-refractivity contribution is 0.426. The molecular formula is C16H29ClN4O2S. The Morgan fingerprint density at radius 1 is 1.25 bits per heavy atom. The Balaban J connectivity index is 0.00000208. The Morgan fingerprint density at radius 2 is 1.92 bits per heavy atom. The van der Waals surface area contributed by atoms with Gasteiger partial charge in [0.05, 0.1) is 11.4 Å². The van der Waals surface area contributed by atoms with Crippen LogP contribution in [0.15, 0.2) is 4.90 Å². The van der Waals surface area contributed by atoms with Crippen LogP contribution in [0.25, 0.3) is 0 Å². The largest absolute Gasteiger partial charge is 0.327 e. The molecule has 1 saturated carbocycles. The van der Waals surface area contributed by atoms with Gasteiger partial charge in [-0.2, -0.15) is 9.40 Å². The van der Waals surface area contributed by atoms with Crippen molar-refractivity contribution in [3.8, 4) is 0 Å². The predicted molar refractivity (Wildman–Crippen MR) is 96.7 cm³/mol. The highest BCUT2D eigenvalue weighted by Gasteiger charge is 2.46. The summed E-state index contributed by atoms with van der Waals surface area (Å²) in [6.45, 7) is 9.76. The van der Waals surface area contributed by atoms with Gasteiger partial charge < -0.3 is 5.73 Å². The summed E-state index contributed by atoms with van der Waals surface area (Å²) in [6.07, 6.45) is 2.07. The number of hydrogen-bond acceptors (Lipinski definition) is 4. The van der Waals surface area contributed by atoms with Crippen molar-refractivity contribution in [2.75, 3.05) is 13.1 Å². The van der Waals surface area contributed by atoms with Crippen LogP contribution in [0.4, 0.5) is 0 Å². The number of rotatable bonds is 4. The predicted octanol–water partition coefficient (Wildman–Crippen LogP) is 1.94. The van der Waals surface area contributed by atoms with Gasteiger partial charge >= 0.3 is 0 Å². The van der Waals surface area contributed by atoms with E-state index in [0.29, 0.717) is 41.4 Å². The fourth-order valence-corrected chi connectivity index (χ4v) is 6.08. The number of aromatic nitrogens is 2. The highest BCUT2D eigenvalue weighted by atomic mass is 35.5. The van der Waals surface area contributed by atoms with Gasteiger partial charge in [-0.1, -0.05) is 13.8 Å². The molecule has 0 bridgehead atoms. The van der Waals surface area contributed by atoms with Crippen LogP contribution in [0.1, 0.15) is 38.1 Å². The first-order valence-corrected chi connectivity index (χ1v) is 9.95. The van der Waals surface area contributed by atoms with Crippen LogP contribution in [-0.2, 0) is 16.6 Å². The van der Waals surface area contributed by atoms with E-state index in [-0.39, 0.29) is 18.4 Å². The van der Waals surface area contributed by atoms with E-state index in [9.17, 15) is 8.42 Å². The van der Waals surface area contributed by atoms with Gasteiger partial charge in [0, 0.05) is 25.7 Å². The monoisotopic (exact) mass is 376 g/mol. The van der Waals surface area contributed by atoms with Crippen molar-refractivity contribution in [2.24, 2.45) is 23.5 Å². The maximum atomic E-state index is 13.1. The standard InChI is InChI=1S/C16H28N4O2S.ClH/c1-10(2)7-20-12(4)16(11(3)18-20)23(21,22)19-8-13-5-6-15(17)14(13)9-19;/h10,13-15H,5-9,17H2,1-4H3;1H. The van der Waals surface area contributed by atoms with E-state index in [1.165, 1.54) is 0 Å². The number of fused-ring (bicyclic) bond motifs is 1. The smallest absolute Gasteiger partial charge is 0.246 e. The summed E-state index contributed by atoms with van der Waals surface area (Å²) >= 11 is 0. The molecular weight excluding hydrogens is 348 g/mol. The summed E-state index contributed by atoms with van der Waals surface area (Å²) in [5, 5.41) is 4.46. The normalized spacial score (nSPS) is 27.5. The average molecular weight is 377 g/mol. The molecule has 3 unspecified atom stereocenters. The Hall–Kier alpha value is -0.630. The second-order valence-corrected chi connectivity index (χ2v) is 9.44. The molecule has 24 heavy (non-hydrogen) atoms. The van der Waals surface area contributed by atoms with Gasteiger partial charge in [0.15, 0.2) is 0 Å². The Bertz CT molecular complexity index is 701. The molecule has 1 aliphatic carbocycles. The third-order valence-corrected chi connectivity index (χ3v) is 7.41. The molecule has 3 rings (SSSR count). The number of nitrogens with zero attached hydrogens (tertiary/aromatic N) is 3. The lowest BCUT2D eigenvalue weighted by Crippen LogP contribution is -2.34. The molecule has 138 valence electrons. The van der Waals surface area contributed by atoms with Crippen LogP contribution >= 0.6 is 12.4 Å². The van der Waals surface area contributed by atoms with Gasteiger partial charge in [-0.25, -0.2) is 8.42 Å². The van der Waals surface area contributed by atoms with Crippen molar-refractivity contribution in [3.63, 3.8) is 0 Å². The second-order valence-electron chi connectivity index (χ2n) is 7.56. The van der Waals surface area contributed by atoms with Gasteiger partial charge in [-0.05, 0) is 44.4 Å². The van der Waals surface area contributed by atoms with Gasteiger partial charge in [0.25, 0.3) is 0 Å². The van der Waals surface area contributed by atoms with E-state index >= 15 is 0 Å². The number of nitrogens with two attached hydrogens (primary N) is 1. The van der Waals surface area contributed by atoms with Crippen molar-refractivity contribution < 1.29 is 8.42 Å². The summed E-state index contributed by atoms with van der Waals surface area (Å²) in [5.74, 6) is 1.16. The molecule has 2 heterocycles. The highest BCUT2D eigenvalue weighted by molar-refractivity contribution is 7.89. The van der Waals surface area contributed by atoms with Crippen molar-refractivity contribution in [3.05, 3.63) is 11.4 Å². The van der Waals surface area contributed by atoms with E-state index in [1.54, 1.807) is 11.2 Å². The number of hydrogen-bond donors (Lipinski definition) is 1. The molecule has 1 aliphatic heterocycles.